The van der Waals surface area contributed by atoms with Crippen molar-refractivity contribution in [3.8, 4) is 5.82 Å². The van der Waals surface area contributed by atoms with Gasteiger partial charge in [-0.3, -0.25) is 4.79 Å². The second-order valence-corrected chi connectivity index (χ2v) is 5.84. The Hall–Kier alpha value is -2.17. The highest BCUT2D eigenvalue weighted by Crippen LogP contribution is 2.20. The van der Waals surface area contributed by atoms with Crippen LogP contribution in [0.3, 0.4) is 0 Å². The van der Waals surface area contributed by atoms with Crippen LogP contribution in [0.1, 0.15) is 35.7 Å². The molecule has 0 aliphatic carbocycles. The molecule has 1 aliphatic rings. The molecule has 0 spiro atoms. The molecule has 0 bridgehead atoms. The number of pyridine rings is 1. The Bertz CT molecular complexity index is 649. The molecule has 1 aliphatic heterocycles. The predicted molar refractivity (Wildman–Crippen MR) is 80.4 cm³/mol. The minimum atomic E-state index is 0.0535. The van der Waals surface area contributed by atoms with Crippen LogP contribution >= 0.6 is 0 Å². The van der Waals surface area contributed by atoms with Crippen LogP contribution in [-0.2, 0) is 0 Å². The van der Waals surface area contributed by atoms with Crippen LogP contribution in [0.5, 0.6) is 0 Å². The van der Waals surface area contributed by atoms with E-state index in [-0.39, 0.29) is 5.91 Å². The summed E-state index contributed by atoms with van der Waals surface area (Å²) in [6.45, 7) is 5.82. The number of aryl methyl sites for hydroxylation is 1. The average Bonchev–Trinajstić information content (AvgIpc) is 2.93. The van der Waals surface area contributed by atoms with Gasteiger partial charge in [-0.05, 0) is 43.4 Å². The van der Waals surface area contributed by atoms with Crippen LogP contribution in [0.25, 0.3) is 5.82 Å². The van der Waals surface area contributed by atoms with Crippen molar-refractivity contribution < 1.29 is 4.79 Å². The van der Waals surface area contributed by atoms with Crippen LogP contribution in [-0.4, -0.2) is 38.7 Å². The first-order valence-corrected chi connectivity index (χ1v) is 7.41. The summed E-state index contributed by atoms with van der Waals surface area (Å²) in [7, 11) is 0. The van der Waals surface area contributed by atoms with Crippen LogP contribution < -0.4 is 0 Å². The van der Waals surface area contributed by atoms with E-state index >= 15 is 0 Å². The van der Waals surface area contributed by atoms with Crippen LogP contribution in [0.2, 0.25) is 0 Å². The lowest BCUT2D eigenvalue weighted by Crippen LogP contribution is -2.39. The van der Waals surface area contributed by atoms with Gasteiger partial charge in [-0.1, -0.05) is 6.92 Å². The molecule has 1 fully saturated rings. The molecule has 1 atom stereocenters. The summed E-state index contributed by atoms with van der Waals surface area (Å²) in [5.74, 6) is 1.22. The Labute approximate surface area is 124 Å². The first kappa shape index (κ1) is 13.8. The predicted octanol–water partition coefficient (Wildman–Crippen LogP) is 2.45. The highest BCUT2D eigenvalue weighted by Gasteiger charge is 2.24. The Balaban J connectivity index is 1.93. The van der Waals surface area contributed by atoms with Gasteiger partial charge in [0.2, 0.25) is 0 Å². The quantitative estimate of drug-likeness (QED) is 0.851. The van der Waals surface area contributed by atoms with E-state index in [0.29, 0.717) is 17.3 Å². The number of likely N-dealkylation sites (tertiary alicyclic amines) is 1. The number of aromatic nitrogens is 3. The lowest BCUT2D eigenvalue weighted by Gasteiger charge is -2.31. The summed E-state index contributed by atoms with van der Waals surface area (Å²) in [5.41, 5.74) is 1.67. The Morgan fingerprint density at radius 2 is 2.29 bits per heavy atom. The number of carbonyl (C=O) groups is 1. The van der Waals surface area contributed by atoms with E-state index in [1.54, 1.807) is 23.1 Å². The summed E-state index contributed by atoms with van der Waals surface area (Å²) < 4.78 is 1.68. The Morgan fingerprint density at radius 3 is 3.00 bits per heavy atom. The maximum atomic E-state index is 12.8. The molecular weight excluding hydrogens is 264 g/mol. The van der Waals surface area contributed by atoms with Gasteiger partial charge in [-0.25, -0.2) is 9.67 Å². The van der Waals surface area contributed by atoms with Crippen molar-refractivity contribution in [2.24, 2.45) is 5.92 Å². The summed E-state index contributed by atoms with van der Waals surface area (Å²) in [5, 5.41) is 4.27. The van der Waals surface area contributed by atoms with Crippen molar-refractivity contribution in [1.29, 1.82) is 0 Å². The highest BCUT2D eigenvalue weighted by atomic mass is 16.2. The van der Waals surface area contributed by atoms with Crippen molar-refractivity contribution in [2.75, 3.05) is 13.1 Å². The molecule has 0 saturated carbocycles. The van der Waals surface area contributed by atoms with Crippen LogP contribution in [0, 0.1) is 12.8 Å². The third kappa shape index (κ3) is 2.82. The summed E-state index contributed by atoms with van der Waals surface area (Å²) in [4.78, 5) is 19.1. The molecule has 0 radical (unpaired) electrons. The normalized spacial score (nSPS) is 18.8. The molecular formula is C16H20N4O. The van der Waals surface area contributed by atoms with E-state index in [2.05, 4.69) is 17.0 Å². The third-order valence-electron chi connectivity index (χ3n) is 3.89. The van der Waals surface area contributed by atoms with Crippen molar-refractivity contribution in [3.05, 3.63) is 41.9 Å². The average molecular weight is 284 g/mol. The highest BCUT2D eigenvalue weighted by molar-refractivity contribution is 5.97. The van der Waals surface area contributed by atoms with E-state index < -0.39 is 0 Å². The minimum absolute atomic E-state index is 0.0535. The van der Waals surface area contributed by atoms with Gasteiger partial charge in [0, 0.05) is 25.5 Å². The van der Waals surface area contributed by atoms with Crippen molar-refractivity contribution in [1.82, 2.24) is 19.7 Å². The minimum Gasteiger partial charge on any atom is -0.338 e. The second-order valence-electron chi connectivity index (χ2n) is 5.84. The van der Waals surface area contributed by atoms with Crippen molar-refractivity contribution in [3.63, 3.8) is 0 Å². The van der Waals surface area contributed by atoms with E-state index in [1.807, 2.05) is 24.1 Å². The number of hydrogen-bond donors (Lipinski definition) is 0. The molecule has 21 heavy (non-hydrogen) atoms. The molecule has 1 unspecified atom stereocenters. The van der Waals surface area contributed by atoms with E-state index in [9.17, 15) is 4.79 Å². The summed E-state index contributed by atoms with van der Waals surface area (Å²) in [6, 6.07) is 3.64. The number of carbonyl (C=O) groups excluding carboxylic acids is 1. The number of piperidine rings is 1. The SMILES string of the molecule is Cc1cnn(-c2ncccc2C(=O)N2CCCC(C)C2)c1. The van der Waals surface area contributed by atoms with Gasteiger partial charge < -0.3 is 4.90 Å². The zero-order chi connectivity index (χ0) is 14.8. The number of nitrogens with zero attached hydrogens (tertiary/aromatic N) is 4. The first-order chi connectivity index (χ1) is 10.1. The van der Waals surface area contributed by atoms with Crippen molar-refractivity contribution >= 4 is 5.91 Å². The molecule has 0 aromatic carbocycles. The van der Waals surface area contributed by atoms with Gasteiger partial charge in [-0.2, -0.15) is 5.10 Å². The van der Waals surface area contributed by atoms with Crippen LogP contribution in [0.4, 0.5) is 0 Å². The zero-order valence-electron chi connectivity index (χ0n) is 12.5. The topological polar surface area (TPSA) is 51.0 Å². The smallest absolute Gasteiger partial charge is 0.257 e. The lowest BCUT2D eigenvalue weighted by atomic mass is 9.99. The van der Waals surface area contributed by atoms with Gasteiger partial charge in [-0.15, -0.1) is 0 Å². The van der Waals surface area contributed by atoms with Crippen molar-refractivity contribution in [2.45, 2.75) is 26.7 Å². The van der Waals surface area contributed by atoms with E-state index in [0.717, 1.165) is 25.1 Å². The van der Waals surface area contributed by atoms with Gasteiger partial charge in [0.25, 0.3) is 5.91 Å². The standard InChI is InChI=1S/C16H20N4O/c1-12-5-4-8-19(10-12)16(21)14-6-3-7-17-15(14)20-11-13(2)9-18-20/h3,6-7,9,11-12H,4-5,8,10H2,1-2H3. The lowest BCUT2D eigenvalue weighted by molar-refractivity contribution is 0.0682. The van der Waals surface area contributed by atoms with E-state index in [1.165, 1.54) is 6.42 Å². The molecule has 3 rings (SSSR count). The molecule has 3 heterocycles. The fourth-order valence-electron chi connectivity index (χ4n) is 2.82. The van der Waals surface area contributed by atoms with Gasteiger partial charge in [0.1, 0.15) is 0 Å². The maximum Gasteiger partial charge on any atom is 0.257 e. The van der Waals surface area contributed by atoms with Gasteiger partial charge in [0.15, 0.2) is 5.82 Å². The largest absolute Gasteiger partial charge is 0.338 e. The van der Waals surface area contributed by atoms with E-state index in [4.69, 9.17) is 0 Å². The molecule has 5 heteroatoms. The van der Waals surface area contributed by atoms with Gasteiger partial charge in [0.05, 0.1) is 11.8 Å². The fraction of sp³-hybridized carbons (Fsp3) is 0.438. The molecule has 1 saturated heterocycles. The molecule has 110 valence electrons. The second kappa shape index (κ2) is 5.68. The summed E-state index contributed by atoms with van der Waals surface area (Å²) in [6.07, 6.45) is 7.62. The summed E-state index contributed by atoms with van der Waals surface area (Å²) >= 11 is 0. The Morgan fingerprint density at radius 1 is 1.43 bits per heavy atom. The first-order valence-electron chi connectivity index (χ1n) is 7.41. The monoisotopic (exact) mass is 284 g/mol. The molecule has 0 N–H and O–H groups in total. The third-order valence-corrected chi connectivity index (χ3v) is 3.89. The van der Waals surface area contributed by atoms with Crippen LogP contribution in [0.15, 0.2) is 30.7 Å². The molecule has 2 aromatic heterocycles. The number of rotatable bonds is 2. The van der Waals surface area contributed by atoms with Gasteiger partial charge >= 0.3 is 0 Å². The Kier molecular flexibility index (Phi) is 3.73. The number of hydrogen-bond acceptors (Lipinski definition) is 3. The molecule has 5 nitrogen and oxygen atoms in total. The zero-order valence-corrected chi connectivity index (χ0v) is 12.5. The molecule has 1 amide bonds. The maximum absolute atomic E-state index is 12.8. The fourth-order valence-corrected chi connectivity index (χ4v) is 2.82. The number of amides is 1. The molecule has 2 aromatic rings.